The summed E-state index contributed by atoms with van der Waals surface area (Å²) in [5.41, 5.74) is 8.19. The van der Waals surface area contributed by atoms with Gasteiger partial charge in [0.05, 0.1) is 10.7 Å². The summed E-state index contributed by atoms with van der Waals surface area (Å²) in [4.78, 5) is 2.45. The van der Waals surface area contributed by atoms with Gasteiger partial charge in [0.1, 0.15) is 0 Å². The van der Waals surface area contributed by atoms with Crippen LogP contribution in [0.2, 0.25) is 5.02 Å². The highest BCUT2D eigenvalue weighted by Crippen LogP contribution is 2.36. The van der Waals surface area contributed by atoms with Crippen molar-refractivity contribution in [2.24, 2.45) is 11.7 Å². The number of halogens is 1. The third-order valence-electron chi connectivity index (χ3n) is 3.55. The van der Waals surface area contributed by atoms with E-state index in [1.165, 1.54) is 24.1 Å². The van der Waals surface area contributed by atoms with E-state index in [1.54, 1.807) is 0 Å². The van der Waals surface area contributed by atoms with Crippen molar-refractivity contribution < 1.29 is 0 Å². The molecule has 0 aromatic heterocycles. The molecule has 100 valence electrons. The Morgan fingerprint density at radius 2 is 2.11 bits per heavy atom. The van der Waals surface area contributed by atoms with Gasteiger partial charge in [0.2, 0.25) is 0 Å². The number of hydrogen-bond acceptors (Lipinski definition) is 2. The lowest BCUT2D eigenvalue weighted by Gasteiger charge is -2.32. The Bertz CT molecular complexity index is 399. The molecular formula is C15H23ClN2. The second kappa shape index (κ2) is 5.94. The third kappa shape index (κ3) is 3.18. The van der Waals surface area contributed by atoms with Crippen LogP contribution in [0.3, 0.4) is 0 Å². The molecule has 1 aromatic carbocycles. The number of para-hydroxylation sites is 1. The van der Waals surface area contributed by atoms with Crippen molar-refractivity contribution in [3.63, 3.8) is 0 Å². The monoisotopic (exact) mass is 266 g/mol. The molecule has 0 radical (unpaired) electrons. The van der Waals surface area contributed by atoms with Crippen molar-refractivity contribution >= 4 is 17.3 Å². The average Bonchev–Trinajstić information content (AvgIpc) is 3.11. The quantitative estimate of drug-likeness (QED) is 0.854. The van der Waals surface area contributed by atoms with Crippen LogP contribution >= 0.6 is 11.6 Å². The van der Waals surface area contributed by atoms with Crippen LogP contribution in [0.4, 0.5) is 5.69 Å². The van der Waals surface area contributed by atoms with Crippen molar-refractivity contribution in [2.45, 2.75) is 39.2 Å². The molecule has 1 saturated carbocycles. The lowest BCUT2D eigenvalue weighted by molar-refractivity contribution is 0.641. The van der Waals surface area contributed by atoms with Crippen LogP contribution < -0.4 is 10.6 Å². The van der Waals surface area contributed by atoms with E-state index in [1.807, 2.05) is 12.1 Å². The van der Waals surface area contributed by atoms with Gasteiger partial charge in [0.15, 0.2) is 0 Å². The van der Waals surface area contributed by atoms with E-state index in [2.05, 4.69) is 24.8 Å². The topological polar surface area (TPSA) is 29.3 Å². The first kappa shape index (κ1) is 13.7. The zero-order chi connectivity index (χ0) is 13.1. The lowest BCUT2D eigenvalue weighted by atomic mass is 10.1. The van der Waals surface area contributed by atoms with Gasteiger partial charge >= 0.3 is 0 Å². The Morgan fingerprint density at radius 1 is 1.39 bits per heavy atom. The Hall–Kier alpha value is -0.730. The Kier molecular flexibility index (Phi) is 4.52. The molecule has 2 rings (SSSR count). The normalized spacial score (nSPS) is 15.2. The average molecular weight is 267 g/mol. The van der Waals surface area contributed by atoms with E-state index in [0.717, 1.165) is 23.9 Å². The van der Waals surface area contributed by atoms with Crippen LogP contribution in [0.25, 0.3) is 0 Å². The van der Waals surface area contributed by atoms with Gasteiger partial charge in [-0.3, -0.25) is 0 Å². The van der Waals surface area contributed by atoms with Crippen LogP contribution in [0, 0.1) is 5.92 Å². The minimum absolute atomic E-state index is 0.474. The summed E-state index contributed by atoms with van der Waals surface area (Å²) in [6, 6.07) is 6.63. The summed E-state index contributed by atoms with van der Waals surface area (Å²) in [5, 5.41) is 0.857. The molecule has 18 heavy (non-hydrogen) atoms. The fraction of sp³-hybridized carbons (Fsp3) is 0.600. The molecule has 1 aromatic rings. The predicted octanol–water partition coefficient (Wildman–Crippen LogP) is 3.47. The van der Waals surface area contributed by atoms with Gasteiger partial charge in [-0.15, -0.1) is 0 Å². The number of nitrogens with zero attached hydrogens (tertiary/aromatic N) is 1. The molecule has 0 heterocycles. The van der Waals surface area contributed by atoms with E-state index >= 15 is 0 Å². The molecule has 1 aliphatic carbocycles. The van der Waals surface area contributed by atoms with E-state index < -0.39 is 0 Å². The smallest absolute Gasteiger partial charge is 0.0642 e. The lowest BCUT2D eigenvalue weighted by Crippen LogP contribution is -2.34. The molecule has 2 nitrogen and oxygen atoms in total. The Labute approximate surface area is 115 Å². The number of nitrogens with two attached hydrogens (primary N) is 1. The molecule has 0 aliphatic heterocycles. The maximum atomic E-state index is 6.43. The number of benzene rings is 1. The number of rotatable bonds is 6. The molecule has 1 aliphatic rings. The van der Waals surface area contributed by atoms with Gasteiger partial charge in [-0.05, 0) is 57.2 Å². The zero-order valence-corrected chi connectivity index (χ0v) is 12.1. The molecule has 2 N–H and O–H groups in total. The molecule has 0 amide bonds. The summed E-state index contributed by atoms with van der Waals surface area (Å²) in [5.74, 6) is 0.856. The maximum Gasteiger partial charge on any atom is 0.0642 e. The van der Waals surface area contributed by atoms with E-state index in [9.17, 15) is 0 Å². The van der Waals surface area contributed by atoms with Crippen molar-refractivity contribution in [3.05, 3.63) is 28.8 Å². The van der Waals surface area contributed by atoms with Crippen LogP contribution in [-0.2, 0) is 6.42 Å². The summed E-state index contributed by atoms with van der Waals surface area (Å²) in [6.45, 7) is 6.26. The zero-order valence-electron chi connectivity index (χ0n) is 11.3. The number of hydrogen-bond donors (Lipinski definition) is 1. The highest BCUT2D eigenvalue weighted by atomic mass is 35.5. The standard InChI is InChI=1S/C15H23ClN2/c1-11(2)18(10-12-6-7-12)15-13(8-9-17)4-3-5-14(15)16/h3-5,11-12H,6-10,17H2,1-2H3. The summed E-state index contributed by atoms with van der Waals surface area (Å²) in [6.07, 6.45) is 3.61. The van der Waals surface area contributed by atoms with Crippen LogP contribution in [0.15, 0.2) is 18.2 Å². The van der Waals surface area contributed by atoms with Gasteiger partial charge in [-0.2, -0.15) is 0 Å². The van der Waals surface area contributed by atoms with Gasteiger partial charge in [-0.1, -0.05) is 23.7 Å². The van der Waals surface area contributed by atoms with E-state index in [0.29, 0.717) is 12.6 Å². The highest BCUT2D eigenvalue weighted by molar-refractivity contribution is 6.33. The summed E-state index contributed by atoms with van der Waals surface area (Å²) >= 11 is 6.43. The first-order valence-corrected chi connectivity index (χ1v) is 7.25. The van der Waals surface area contributed by atoms with Crippen LogP contribution in [0.1, 0.15) is 32.3 Å². The van der Waals surface area contributed by atoms with E-state index in [-0.39, 0.29) is 0 Å². The van der Waals surface area contributed by atoms with Crippen molar-refractivity contribution in [1.82, 2.24) is 0 Å². The van der Waals surface area contributed by atoms with Crippen molar-refractivity contribution in [1.29, 1.82) is 0 Å². The molecular weight excluding hydrogens is 244 g/mol. The second-order valence-corrected chi connectivity index (χ2v) is 5.88. The minimum atomic E-state index is 0.474. The maximum absolute atomic E-state index is 6.43. The summed E-state index contributed by atoms with van der Waals surface area (Å²) < 4.78 is 0. The molecule has 1 fully saturated rings. The van der Waals surface area contributed by atoms with Crippen LogP contribution in [-0.4, -0.2) is 19.1 Å². The molecule has 3 heteroatoms. The Balaban J connectivity index is 2.31. The van der Waals surface area contributed by atoms with Crippen LogP contribution in [0.5, 0.6) is 0 Å². The SMILES string of the molecule is CC(C)N(CC1CC1)c1c(Cl)cccc1CCN. The second-order valence-electron chi connectivity index (χ2n) is 5.48. The summed E-state index contributed by atoms with van der Waals surface area (Å²) in [7, 11) is 0. The van der Waals surface area contributed by atoms with Crippen molar-refractivity contribution in [2.75, 3.05) is 18.0 Å². The fourth-order valence-corrected chi connectivity index (χ4v) is 2.68. The third-order valence-corrected chi connectivity index (χ3v) is 3.85. The molecule has 0 saturated heterocycles. The van der Waals surface area contributed by atoms with Gasteiger partial charge in [0.25, 0.3) is 0 Å². The van der Waals surface area contributed by atoms with Gasteiger partial charge in [0, 0.05) is 12.6 Å². The van der Waals surface area contributed by atoms with E-state index in [4.69, 9.17) is 17.3 Å². The van der Waals surface area contributed by atoms with Crippen molar-refractivity contribution in [3.8, 4) is 0 Å². The fourth-order valence-electron chi connectivity index (χ4n) is 2.38. The minimum Gasteiger partial charge on any atom is -0.367 e. The molecule has 0 unspecified atom stereocenters. The van der Waals surface area contributed by atoms with Gasteiger partial charge in [-0.25, -0.2) is 0 Å². The van der Waals surface area contributed by atoms with Gasteiger partial charge < -0.3 is 10.6 Å². The number of anilines is 1. The highest BCUT2D eigenvalue weighted by Gasteiger charge is 2.27. The largest absolute Gasteiger partial charge is 0.367 e. The predicted molar refractivity (Wildman–Crippen MR) is 79.4 cm³/mol. The molecule has 0 atom stereocenters. The first-order valence-electron chi connectivity index (χ1n) is 6.87. The Morgan fingerprint density at radius 3 is 2.67 bits per heavy atom. The molecule has 0 bridgehead atoms. The molecule has 0 spiro atoms. The first-order chi connectivity index (χ1) is 8.63.